The molecule has 3 nitrogen and oxygen atoms in total. The summed E-state index contributed by atoms with van der Waals surface area (Å²) in [5.41, 5.74) is 0.0901. The summed E-state index contributed by atoms with van der Waals surface area (Å²) in [6.07, 6.45) is -3.18. The highest BCUT2D eigenvalue weighted by molar-refractivity contribution is 5.70. The molecule has 1 aromatic carbocycles. The van der Waals surface area contributed by atoms with Crippen molar-refractivity contribution in [2.24, 2.45) is 5.92 Å². The lowest BCUT2D eigenvalue weighted by Crippen LogP contribution is -2.36. The van der Waals surface area contributed by atoms with Gasteiger partial charge in [0.1, 0.15) is 0 Å². The van der Waals surface area contributed by atoms with Crippen LogP contribution in [0.15, 0.2) is 24.3 Å². The topological polar surface area (TPSA) is 49.3 Å². The highest BCUT2D eigenvalue weighted by Gasteiger charge is 2.31. The largest absolute Gasteiger partial charge is 0.481 e. The van der Waals surface area contributed by atoms with Crippen LogP contribution in [0.1, 0.15) is 30.0 Å². The number of carboxylic acids is 1. The van der Waals surface area contributed by atoms with Crippen LogP contribution < -0.4 is 5.32 Å². The fourth-order valence-electron chi connectivity index (χ4n) is 2.26. The third-order valence-electron chi connectivity index (χ3n) is 3.40. The normalized spacial score (nSPS) is 24.2. The molecule has 1 aliphatic heterocycles. The molecular weight excluding hydrogens is 259 g/mol. The standard InChI is InChI=1S/C13H14F3NO2/c14-13(15,16)10-4-1-8(2-5-10)11-6-3-9(7-17-11)12(18)19/h1-2,4-5,9,11,17H,3,6-7H2,(H,18,19). The van der Waals surface area contributed by atoms with Gasteiger partial charge in [0.15, 0.2) is 0 Å². The van der Waals surface area contributed by atoms with Crippen LogP contribution in [-0.4, -0.2) is 17.6 Å². The second-order valence-electron chi connectivity index (χ2n) is 4.69. The molecule has 104 valence electrons. The predicted octanol–water partition coefficient (Wildman–Crippen LogP) is 2.83. The summed E-state index contributed by atoms with van der Waals surface area (Å²) in [4.78, 5) is 10.8. The molecule has 0 aliphatic carbocycles. The summed E-state index contributed by atoms with van der Waals surface area (Å²) in [5, 5.41) is 11.9. The van der Waals surface area contributed by atoms with Crippen LogP contribution in [0, 0.1) is 5.92 Å². The summed E-state index contributed by atoms with van der Waals surface area (Å²) in [5.74, 6) is -1.25. The van der Waals surface area contributed by atoms with E-state index in [-0.39, 0.29) is 6.04 Å². The van der Waals surface area contributed by atoms with Crippen molar-refractivity contribution in [1.29, 1.82) is 0 Å². The van der Waals surface area contributed by atoms with E-state index in [0.717, 1.165) is 17.7 Å². The van der Waals surface area contributed by atoms with Crippen molar-refractivity contribution in [3.8, 4) is 0 Å². The van der Waals surface area contributed by atoms with E-state index in [1.807, 2.05) is 0 Å². The highest BCUT2D eigenvalue weighted by Crippen LogP contribution is 2.31. The van der Waals surface area contributed by atoms with E-state index >= 15 is 0 Å². The van der Waals surface area contributed by atoms with Gasteiger partial charge in [-0.1, -0.05) is 12.1 Å². The number of alkyl halides is 3. The van der Waals surface area contributed by atoms with E-state index in [4.69, 9.17) is 5.11 Å². The molecule has 0 saturated carbocycles. The van der Waals surface area contributed by atoms with Crippen LogP contribution in [0.25, 0.3) is 0 Å². The van der Waals surface area contributed by atoms with Crippen LogP contribution in [0.4, 0.5) is 13.2 Å². The molecule has 1 saturated heterocycles. The molecule has 0 aromatic heterocycles. The molecule has 2 unspecified atom stereocenters. The van der Waals surface area contributed by atoms with Crippen molar-refractivity contribution in [1.82, 2.24) is 5.32 Å². The Hall–Kier alpha value is -1.56. The number of carbonyl (C=O) groups is 1. The van der Waals surface area contributed by atoms with Crippen molar-refractivity contribution in [2.45, 2.75) is 25.1 Å². The molecule has 2 rings (SSSR count). The fourth-order valence-corrected chi connectivity index (χ4v) is 2.26. The Kier molecular flexibility index (Phi) is 3.80. The number of aliphatic carboxylic acids is 1. The van der Waals surface area contributed by atoms with Gasteiger partial charge in [0.2, 0.25) is 0 Å². The predicted molar refractivity (Wildman–Crippen MR) is 62.5 cm³/mol. The first-order valence-electron chi connectivity index (χ1n) is 6.01. The number of nitrogens with one attached hydrogen (secondary N) is 1. The van der Waals surface area contributed by atoms with Crippen molar-refractivity contribution in [2.75, 3.05) is 6.54 Å². The average Bonchev–Trinajstić information content (AvgIpc) is 2.38. The minimum absolute atomic E-state index is 0.0714. The van der Waals surface area contributed by atoms with Gasteiger partial charge in [0.25, 0.3) is 0 Å². The summed E-state index contributed by atoms with van der Waals surface area (Å²) >= 11 is 0. The summed E-state index contributed by atoms with van der Waals surface area (Å²) in [6, 6.07) is 4.93. The number of halogens is 3. The maximum atomic E-state index is 12.4. The van der Waals surface area contributed by atoms with Gasteiger partial charge in [0, 0.05) is 12.6 Å². The van der Waals surface area contributed by atoms with Gasteiger partial charge in [-0.15, -0.1) is 0 Å². The summed E-state index contributed by atoms with van der Waals surface area (Å²) in [7, 11) is 0. The third kappa shape index (κ3) is 3.26. The molecule has 0 bridgehead atoms. The number of benzene rings is 1. The van der Waals surface area contributed by atoms with Gasteiger partial charge in [-0.05, 0) is 30.5 Å². The zero-order valence-corrected chi connectivity index (χ0v) is 10.1. The van der Waals surface area contributed by atoms with Crippen LogP contribution in [0.3, 0.4) is 0 Å². The summed E-state index contributed by atoms with van der Waals surface area (Å²) in [6.45, 7) is 0.348. The fraction of sp³-hybridized carbons (Fsp3) is 0.462. The first-order valence-corrected chi connectivity index (χ1v) is 6.01. The molecule has 0 radical (unpaired) electrons. The van der Waals surface area contributed by atoms with Crippen LogP contribution in [-0.2, 0) is 11.0 Å². The minimum Gasteiger partial charge on any atom is -0.481 e. The molecule has 19 heavy (non-hydrogen) atoms. The van der Waals surface area contributed by atoms with Gasteiger partial charge in [0.05, 0.1) is 11.5 Å². The van der Waals surface area contributed by atoms with Gasteiger partial charge in [-0.25, -0.2) is 0 Å². The SMILES string of the molecule is O=C(O)C1CCC(c2ccc(C(F)(F)F)cc2)NC1. The molecule has 0 spiro atoms. The number of hydrogen-bond donors (Lipinski definition) is 2. The van der Waals surface area contributed by atoms with Gasteiger partial charge < -0.3 is 10.4 Å². The average molecular weight is 273 g/mol. The van der Waals surface area contributed by atoms with E-state index in [1.165, 1.54) is 12.1 Å². The molecule has 0 amide bonds. The highest BCUT2D eigenvalue weighted by atomic mass is 19.4. The van der Waals surface area contributed by atoms with E-state index in [9.17, 15) is 18.0 Å². The van der Waals surface area contributed by atoms with Crippen LogP contribution in [0.2, 0.25) is 0 Å². The Morgan fingerprint density at radius 2 is 1.84 bits per heavy atom. The molecule has 1 aromatic rings. The maximum Gasteiger partial charge on any atom is 0.416 e. The number of rotatable bonds is 2. The van der Waals surface area contributed by atoms with Crippen LogP contribution >= 0.6 is 0 Å². The monoisotopic (exact) mass is 273 g/mol. The lowest BCUT2D eigenvalue weighted by Gasteiger charge is -2.28. The Labute approximate surface area is 108 Å². The molecule has 2 atom stereocenters. The number of piperidine rings is 1. The Balaban J connectivity index is 2.02. The minimum atomic E-state index is -4.33. The quantitative estimate of drug-likeness (QED) is 0.871. The maximum absolute atomic E-state index is 12.4. The van der Waals surface area contributed by atoms with Gasteiger partial charge in [-0.2, -0.15) is 13.2 Å². The summed E-state index contributed by atoms with van der Waals surface area (Å²) < 4.78 is 37.3. The third-order valence-corrected chi connectivity index (χ3v) is 3.40. The first-order chi connectivity index (χ1) is 8.88. The molecule has 1 aliphatic rings. The Morgan fingerprint density at radius 3 is 2.26 bits per heavy atom. The molecule has 1 fully saturated rings. The zero-order chi connectivity index (χ0) is 14.0. The van der Waals surface area contributed by atoms with Crippen molar-refractivity contribution in [3.05, 3.63) is 35.4 Å². The van der Waals surface area contributed by atoms with Crippen LogP contribution in [0.5, 0.6) is 0 Å². The van der Waals surface area contributed by atoms with E-state index in [1.54, 1.807) is 0 Å². The molecular formula is C13H14F3NO2. The lowest BCUT2D eigenvalue weighted by atomic mass is 9.91. The second kappa shape index (κ2) is 5.21. The number of hydrogen-bond acceptors (Lipinski definition) is 2. The Bertz CT molecular complexity index is 448. The number of carboxylic acid groups (broad SMARTS) is 1. The van der Waals surface area contributed by atoms with Crippen molar-refractivity contribution in [3.63, 3.8) is 0 Å². The first kappa shape index (κ1) is 13.9. The van der Waals surface area contributed by atoms with Gasteiger partial charge >= 0.3 is 12.1 Å². The molecule has 2 N–H and O–H groups in total. The smallest absolute Gasteiger partial charge is 0.416 e. The van der Waals surface area contributed by atoms with E-state index in [0.29, 0.717) is 19.4 Å². The Morgan fingerprint density at radius 1 is 1.21 bits per heavy atom. The molecule has 6 heteroatoms. The van der Waals surface area contributed by atoms with Crippen molar-refractivity contribution < 1.29 is 23.1 Å². The van der Waals surface area contributed by atoms with Crippen molar-refractivity contribution >= 4 is 5.97 Å². The zero-order valence-electron chi connectivity index (χ0n) is 10.1. The van der Waals surface area contributed by atoms with E-state index in [2.05, 4.69) is 5.32 Å². The lowest BCUT2D eigenvalue weighted by molar-refractivity contribution is -0.142. The van der Waals surface area contributed by atoms with Gasteiger partial charge in [-0.3, -0.25) is 4.79 Å². The van der Waals surface area contributed by atoms with E-state index < -0.39 is 23.6 Å². The molecule has 1 heterocycles. The second-order valence-corrected chi connectivity index (χ2v) is 4.69.